The molecule has 0 heterocycles. The van der Waals surface area contributed by atoms with Crippen molar-refractivity contribution in [2.24, 2.45) is 5.73 Å². The third-order valence-electron chi connectivity index (χ3n) is 4.05. The van der Waals surface area contributed by atoms with Crippen molar-refractivity contribution < 1.29 is 22.8 Å². The van der Waals surface area contributed by atoms with Gasteiger partial charge in [-0.05, 0) is 6.42 Å². The number of nitrogens with two attached hydrogens (primary N) is 1. The van der Waals surface area contributed by atoms with Gasteiger partial charge in [0.25, 0.3) is 0 Å². The van der Waals surface area contributed by atoms with Crippen molar-refractivity contribution in [1.82, 2.24) is 0 Å². The lowest BCUT2D eigenvalue weighted by Gasteiger charge is -2.31. The highest BCUT2D eigenvalue weighted by molar-refractivity contribution is 7.92. The summed E-state index contributed by atoms with van der Waals surface area (Å²) >= 11 is 0. The van der Waals surface area contributed by atoms with Crippen molar-refractivity contribution in [2.45, 2.75) is 69.6 Å². The number of hydrogen-bond acceptors (Lipinski definition) is 5. The third kappa shape index (κ3) is 10.3. The molecule has 0 bridgehead atoms. The number of unbranched alkanes of at least 4 members (excludes halogenated alkanes) is 7. The minimum absolute atomic E-state index is 0.133. The van der Waals surface area contributed by atoms with Crippen LogP contribution in [0.3, 0.4) is 0 Å². The van der Waals surface area contributed by atoms with Crippen molar-refractivity contribution in [2.75, 3.05) is 33.4 Å². The van der Waals surface area contributed by atoms with Crippen LogP contribution in [0.15, 0.2) is 0 Å². The Morgan fingerprint density at radius 3 is 1.88 bits per heavy atom. The first-order valence-corrected chi connectivity index (χ1v) is 10.7. The summed E-state index contributed by atoms with van der Waals surface area (Å²) in [5.41, 5.74) is 5.87. The number of aliphatic carboxylic acids is 1. The van der Waals surface area contributed by atoms with Crippen LogP contribution in [0.4, 0.5) is 0 Å². The van der Waals surface area contributed by atoms with Gasteiger partial charge in [0, 0.05) is 0 Å². The maximum absolute atomic E-state index is 12.4. The topological polar surface area (TPSA) is 100 Å². The monoisotopic (exact) mass is 364 g/mol. The molecule has 0 amide bonds. The highest BCUT2D eigenvalue weighted by atomic mass is 32.2. The molecule has 7 heteroatoms. The van der Waals surface area contributed by atoms with Gasteiger partial charge in [-0.15, -0.1) is 0 Å². The second kappa shape index (κ2) is 11.1. The van der Waals surface area contributed by atoms with E-state index >= 15 is 0 Å². The summed E-state index contributed by atoms with van der Waals surface area (Å²) in [6.07, 6.45) is 8.22. The molecule has 0 aliphatic heterocycles. The maximum atomic E-state index is 12.4. The molecule has 1 unspecified atom stereocenters. The van der Waals surface area contributed by atoms with Gasteiger partial charge in [0.15, 0.2) is 9.84 Å². The van der Waals surface area contributed by atoms with Crippen molar-refractivity contribution in [3.05, 3.63) is 0 Å². The van der Waals surface area contributed by atoms with Crippen LogP contribution in [0.5, 0.6) is 0 Å². The summed E-state index contributed by atoms with van der Waals surface area (Å²) < 4.78 is 25.1. The average Bonchev–Trinajstić information content (AvgIpc) is 2.38. The lowest BCUT2D eigenvalue weighted by molar-refractivity contribution is -0.871. The minimum atomic E-state index is -3.79. The highest BCUT2D eigenvalue weighted by Crippen LogP contribution is 2.13. The molecule has 0 aromatic rings. The number of carbonyl (C=O) groups excluding carboxylic acids is 1. The summed E-state index contributed by atoms with van der Waals surface area (Å²) in [4.78, 5) is 11.3. The van der Waals surface area contributed by atoms with Gasteiger partial charge in [-0.25, -0.2) is 8.42 Å². The smallest absolute Gasteiger partial charge is 0.160 e. The van der Waals surface area contributed by atoms with Gasteiger partial charge in [0.2, 0.25) is 0 Å². The second-order valence-electron chi connectivity index (χ2n) is 7.72. The van der Waals surface area contributed by atoms with E-state index in [1.165, 1.54) is 25.7 Å². The Labute approximate surface area is 147 Å². The van der Waals surface area contributed by atoms with Gasteiger partial charge in [-0.3, -0.25) is 0 Å². The van der Waals surface area contributed by atoms with E-state index in [1.807, 2.05) is 21.1 Å². The summed E-state index contributed by atoms with van der Waals surface area (Å²) in [5.74, 6) is -1.72. The summed E-state index contributed by atoms with van der Waals surface area (Å²) in [6.45, 7) is 2.43. The van der Waals surface area contributed by atoms with Gasteiger partial charge >= 0.3 is 0 Å². The molecule has 2 N–H and O–H groups in total. The predicted molar refractivity (Wildman–Crippen MR) is 96.1 cm³/mol. The Balaban J connectivity index is 4.41. The fraction of sp³-hybridized carbons (Fsp3) is 0.941. The molecule has 0 saturated heterocycles. The lowest BCUT2D eigenvalue weighted by Crippen LogP contribution is -2.58. The number of sulfone groups is 1. The van der Waals surface area contributed by atoms with Crippen LogP contribution in [-0.2, 0) is 14.6 Å². The number of nitrogens with zero attached hydrogens (tertiary/aromatic N) is 1. The van der Waals surface area contributed by atoms with Gasteiger partial charge in [0.1, 0.15) is 5.25 Å². The Bertz CT molecular complexity index is 458. The zero-order valence-corrected chi connectivity index (χ0v) is 16.6. The first-order valence-electron chi connectivity index (χ1n) is 8.99. The SMILES string of the molecule is CCCCCCCCCCS(=O)(=O)[C@@H](C(=O)[O-])C(N)C[N+](C)(C)C. The Hall–Kier alpha value is -0.660. The minimum Gasteiger partial charge on any atom is -0.549 e. The van der Waals surface area contributed by atoms with E-state index in [9.17, 15) is 18.3 Å². The summed E-state index contributed by atoms with van der Waals surface area (Å²) in [7, 11) is 1.74. The molecule has 0 aliphatic carbocycles. The van der Waals surface area contributed by atoms with Crippen LogP contribution in [-0.4, -0.2) is 63.6 Å². The Morgan fingerprint density at radius 1 is 1.00 bits per heavy atom. The van der Waals surface area contributed by atoms with Crippen LogP contribution in [0.2, 0.25) is 0 Å². The normalized spacial score (nSPS) is 15.2. The van der Waals surface area contributed by atoms with E-state index in [0.29, 0.717) is 10.9 Å². The van der Waals surface area contributed by atoms with E-state index in [1.54, 1.807) is 0 Å². The highest BCUT2D eigenvalue weighted by Gasteiger charge is 2.35. The fourth-order valence-corrected chi connectivity index (χ4v) is 4.65. The van der Waals surface area contributed by atoms with E-state index < -0.39 is 27.1 Å². The van der Waals surface area contributed by atoms with Gasteiger partial charge < -0.3 is 20.1 Å². The van der Waals surface area contributed by atoms with Crippen molar-refractivity contribution in [3.63, 3.8) is 0 Å². The lowest BCUT2D eigenvalue weighted by atomic mass is 10.1. The van der Waals surface area contributed by atoms with Gasteiger partial charge in [0.05, 0.1) is 45.5 Å². The van der Waals surface area contributed by atoms with Crippen LogP contribution in [0.1, 0.15) is 58.3 Å². The molecule has 0 spiro atoms. The number of quaternary nitrogens is 1. The Kier molecular flexibility index (Phi) is 10.7. The van der Waals surface area contributed by atoms with Crippen molar-refractivity contribution >= 4 is 15.8 Å². The molecule has 0 rings (SSSR count). The van der Waals surface area contributed by atoms with Gasteiger partial charge in [-0.2, -0.15) is 0 Å². The van der Waals surface area contributed by atoms with Crippen LogP contribution in [0.25, 0.3) is 0 Å². The molecule has 0 radical (unpaired) electrons. The number of rotatable bonds is 14. The van der Waals surface area contributed by atoms with E-state index in [-0.39, 0.29) is 12.3 Å². The molecule has 6 nitrogen and oxygen atoms in total. The predicted octanol–water partition coefficient (Wildman–Crippen LogP) is 0.694. The third-order valence-corrected chi connectivity index (χ3v) is 6.22. The van der Waals surface area contributed by atoms with Crippen molar-refractivity contribution in [1.29, 1.82) is 0 Å². The largest absolute Gasteiger partial charge is 0.549 e. The van der Waals surface area contributed by atoms with Crippen molar-refractivity contribution in [3.8, 4) is 0 Å². The van der Waals surface area contributed by atoms with Crippen LogP contribution in [0, 0.1) is 0 Å². The average molecular weight is 365 g/mol. The molecule has 144 valence electrons. The fourth-order valence-electron chi connectivity index (χ4n) is 2.88. The molecule has 0 saturated carbocycles. The van der Waals surface area contributed by atoms with Gasteiger partial charge in [-0.1, -0.05) is 51.9 Å². The molecule has 0 aromatic carbocycles. The Morgan fingerprint density at radius 2 is 1.46 bits per heavy atom. The summed E-state index contributed by atoms with van der Waals surface area (Å²) in [6, 6.07) is -0.964. The van der Waals surface area contributed by atoms with E-state index in [0.717, 1.165) is 19.3 Å². The first-order chi connectivity index (χ1) is 11.0. The number of carboxylic acid groups (broad SMARTS) is 1. The van der Waals surface area contributed by atoms with E-state index in [2.05, 4.69) is 6.92 Å². The zero-order valence-electron chi connectivity index (χ0n) is 15.8. The molecule has 24 heavy (non-hydrogen) atoms. The summed E-state index contributed by atoms with van der Waals surface area (Å²) in [5, 5.41) is 9.71. The zero-order chi connectivity index (χ0) is 18.8. The molecule has 0 aliphatic rings. The molecular weight excluding hydrogens is 328 g/mol. The number of likely N-dealkylation sites (N-methyl/N-ethyl adjacent to an activating group) is 1. The maximum Gasteiger partial charge on any atom is 0.160 e. The van der Waals surface area contributed by atoms with E-state index in [4.69, 9.17) is 5.73 Å². The first kappa shape index (κ1) is 23.3. The standard InChI is InChI=1S/C17H36N2O4S/c1-5-6-7-8-9-10-11-12-13-24(22,23)16(17(20)21)15(18)14-19(2,3)4/h15-16H,5-14,18H2,1-4H3/t15?,16-/m1/s1. The van der Waals surface area contributed by atoms with Crippen LogP contribution >= 0.6 is 0 Å². The number of carboxylic acids is 1. The molecule has 0 aromatic heterocycles. The molecule has 0 fully saturated rings. The molecule has 2 atom stereocenters. The van der Waals surface area contributed by atoms with Crippen LogP contribution < -0.4 is 10.8 Å². The second-order valence-corrected chi connectivity index (χ2v) is 9.96. The number of hydrogen-bond donors (Lipinski definition) is 1. The molecular formula is C17H36N2O4S. The quantitative estimate of drug-likeness (QED) is 0.361. The number of carbonyl (C=O) groups is 1.